The zero-order chi connectivity index (χ0) is 14.1. The molecule has 0 radical (unpaired) electrons. The van der Waals surface area contributed by atoms with Gasteiger partial charge in [-0.05, 0) is 36.4 Å². The van der Waals surface area contributed by atoms with Gasteiger partial charge in [0, 0.05) is 11.3 Å². The standard InChI is InChI=1S/C14H10F2N4/c15-9-4-5-13(16)12(6-9)14-8-20(19-18-14)11-3-1-2-10(17)7-11/h1-8H,17H2. The lowest BCUT2D eigenvalue weighted by Crippen LogP contribution is -1.95. The predicted molar refractivity (Wildman–Crippen MR) is 71.1 cm³/mol. The van der Waals surface area contributed by atoms with Crippen LogP contribution in [0.4, 0.5) is 14.5 Å². The van der Waals surface area contributed by atoms with Crippen LogP contribution in [0.1, 0.15) is 0 Å². The SMILES string of the molecule is Nc1cccc(-n2cc(-c3cc(F)ccc3F)nn2)c1. The molecule has 0 spiro atoms. The molecule has 0 bridgehead atoms. The van der Waals surface area contributed by atoms with Gasteiger partial charge in [0.05, 0.1) is 11.9 Å². The van der Waals surface area contributed by atoms with Crippen LogP contribution in [0.2, 0.25) is 0 Å². The van der Waals surface area contributed by atoms with E-state index in [4.69, 9.17) is 5.73 Å². The van der Waals surface area contributed by atoms with Crippen LogP contribution in [0.3, 0.4) is 0 Å². The summed E-state index contributed by atoms with van der Waals surface area (Å²) in [4.78, 5) is 0. The van der Waals surface area contributed by atoms with Crippen LogP contribution in [-0.4, -0.2) is 15.0 Å². The molecule has 3 aromatic rings. The Kier molecular flexibility index (Phi) is 2.90. The van der Waals surface area contributed by atoms with Crippen molar-refractivity contribution < 1.29 is 8.78 Å². The van der Waals surface area contributed by atoms with Crippen LogP contribution in [0.25, 0.3) is 16.9 Å². The van der Waals surface area contributed by atoms with Crippen LogP contribution >= 0.6 is 0 Å². The van der Waals surface area contributed by atoms with E-state index < -0.39 is 11.6 Å². The Bertz CT molecular complexity index is 767. The smallest absolute Gasteiger partial charge is 0.132 e. The quantitative estimate of drug-likeness (QED) is 0.730. The molecule has 100 valence electrons. The van der Waals surface area contributed by atoms with Gasteiger partial charge < -0.3 is 5.73 Å². The van der Waals surface area contributed by atoms with Crippen molar-refractivity contribution in [3.8, 4) is 16.9 Å². The molecule has 0 fully saturated rings. The number of halogens is 2. The lowest BCUT2D eigenvalue weighted by molar-refractivity contribution is 0.602. The fourth-order valence-corrected chi connectivity index (χ4v) is 1.87. The van der Waals surface area contributed by atoms with Crippen LogP contribution in [0.5, 0.6) is 0 Å². The third-order valence-corrected chi connectivity index (χ3v) is 2.83. The second-order valence-corrected chi connectivity index (χ2v) is 4.27. The summed E-state index contributed by atoms with van der Waals surface area (Å²) in [5.74, 6) is -1.08. The number of nitrogen functional groups attached to an aromatic ring is 1. The Hall–Kier alpha value is -2.76. The molecule has 3 rings (SSSR count). The Morgan fingerprint density at radius 2 is 1.90 bits per heavy atom. The number of nitrogens with zero attached hydrogens (tertiary/aromatic N) is 3. The van der Waals surface area contributed by atoms with E-state index in [2.05, 4.69) is 10.3 Å². The molecule has 2 N–H and O–H groups in total. The van der Waals surface area contributed by atoms with Crippen molar-refractivity contribution in [3.05, 3.63) is 60.3 Å². The maximum atomic E-state index is 13.7. The molecule has 0 aliphatic carbocycles. The van der Waals surface area contributed by atoms with Gasteiger partial charge in [-0.15, -0.1) is 5.10 Å². The van der Waals surface area contributed by atoms with Crippen molar-refractivity contribution in [1.82, 2.24) is 15.0 Å². The molecule has 0 amide bonds. The molecule has 0 saturated carbocycles. The summed E-state index contributed by atoms with van der Waals surface area (Å²) in [6.45, 7) is 0. The Morgan fingerprint density at radius 3 is 2.70 bits per heavy atom. The van der Waals surface area contributed by atoms with E-state index in [1.807, 2.05) is 0 Å². The normalized spacial score (nSPS) is 10.7. The summed E-state index contributed by atoms with van der Waals surface area (Å²) in [6.07, 6.45) is 1.52. The second kappa shape index (κ2) is 4.73. The number of hydrogen-bond acceptors (Lipinski definition) is 3. The van der Waals surface area contributed by atoms with E-state index in [9.17, 15) is 8.78 Å². The zero-order valence-electron chi connectivity index (χ0n) is 10.3. The van der Waals surface area contributed by atoms with Crippen LogP contribution < -0.4 is 5.73 Å². The second-order valence-electron chi connectivity index (χ2n) is 4.27. The number of anilines is 1. The minimum absolute atomic E-state index is 0.0696. The van der Waals surface area contributed by atoms with Gasteiger partial charge in [-0.3, -0.25) is 0 Å². The minimum Gasteiger partial charge on any atom is -0.399 e. The van der Waals surface area contributed by atoms with Gasteiger partial charge in [-0.25, -0.2) is 13.5 Å². The zero-order valence-corrected chi connectivity index (χ0v) is 10.3. The van der Waals surface area contributed by atoms with Gasteiger partial charge in [0.1, 0.15) is 17.3 Å². The summed E-state index contributed by atoms with van der Waals surface area (Å²) in [5, 5.41) is 7.76. The summed E-state index contributed by atoms with van der Waals surface area (Å²) in [7, 11) is 0. The number of aromatic nitrogens is 3. The van der Waals surface area contributed by atoms with Crippen LogP contribution in [0.15, 0.2) is 48.7 Å². The lowest BCUT2D eigenvalue weighted by Gasteiger charge is -2.00. The van der Waals surface area contributed by atoms with E-state index >= 15 is 0 Å². The number of benzene rings is 2. The van der Waals surface area contributed by atoms with Gasteiger partial charge in [-0.2, -0.15) is 0 Å². The van der Waals surface area contributed by atoms with E-state index in [1.54, 1.807) is 24.3 Å². The molecule has 4 nitrogen and oxygen atoms in total. The summed E-state index contributed by atoms with van der Waals surface area (Å²) in [5.41, 5.74) is 7.29. The highest BCUT2D eigenvalue weighted by molar-refractivity contribution is 5.59. The molecule has 0 aliphatic heterocycles. The van der Waals surface area contributed by atoms with Gasteiger partial charge in [-0.1, -0.05) is 11.3 Å². The molecule has 1 aromatic heterocycles. The first-order valence-electron chi connectivity index (χ1n) is 5.87. The van der Waals surface area contributed by atoms with Gasteiger partial charge in [0.15, 0.2) is 0 Å². The third kappa shape index (κ3) is 2.23. The highest BCUT2D eigenvalue weighted by Crippen LogP contribution is 2.22. The molecule has 1 heterocycles. The van der Waals surface area contributed by atoms with E-state index in [-0.39, 0.29) is 11.3 Å². The molecule has 20 heavy (non-hydrogen) atoms. The third-order valence-electron chi connectivity index (χ3n) is 2.83. The van der Waals surface area contributed by atoms with Crippen LogP contribution in [0, 0.1) is 11.6 Å². The number of rotatable bonds is 2. The molecule has 6 heteroatoms. The molecule has 0 saturated heterocycles. The Balaban J connectivity index is 2.04. The molecule has 0 aliphatic rings. The lowest BCUT2D eigenvalue weighted by atomic mass is 10.1. The Morgan fingerprint density at radius 1 is 1.05 bits per heavy atom. The van der Waals surface area contributed by atoms with Crippen molar-refractivity contribution in [2.75, 3.05) is 5.73 Å². The highest BCUT2D eigenvalue weighted by Gasteiger charge is 2.11. The van der Waals surface area contributed by atoms with Crippen molar-refractivity contribution in [2.45, 2.75) is 0 Å². The highest BCUT2D eigenvalue weighted by atomic mass is 19.1. The van der Waals surface area contributed by atoms with E-state index in [0.29, 0.717) is 11.4 Å². The Labute approximate surface area is 113 Å². The monoisotopic (exact) mass is 272 g/mol. The van der Waals surface area contributed by atoms with Crippen molar-refractivity contribution >= 4 is 5.69 Å². The van der Waals surface area contributed by atoms with Crippen molar-refractivity contribution in [3.63, 3.8) is 0 Å². The molecule has 2 aromatic carbocycles. The van der Waals surface area contributed by atoms with Crippen LogP contribution in [-0.2, 0) is 0 Å². The van der Waals surface area contributed by atoms with Crippen molar-refractivity contribution in [2.24, 2.45) is 0 Å². The summed E-state index contributed by atoms with van der Waals surface area (Å²) >= 11 is 0. The predicted octanol–water partition coefficient (Wildman–Crippen LogP) is 2.79. The average molecular weight is 272 g/mol. The van der Waals surface area contributed by atoms with Gasteiger partial charge in [0.25, 0.3) is 0 Å². The topological polar surface area (TPSA) is 56.7 Å². The largest absolute Gasteiger partial charge is 0.399 e. The molecule has 0 atom stereocenters. The molecular weight excluding hydrogens is 262 g/mol. The summed E-state index contributed by atoms with van der Waals surface area (Å²) in [6, 6.07) is 10.2. The van der Waals surface area contributed by atoms with E-state index in [1.165, 1.54) is 10.9 Å². The first-order chi connectivity index (χ1) is 9.63. The number of nitrogens with two attached hydrogens (primary N) is 1. The van der Waals surface area contributed by atoms with E-state index in [0.717, 1.165) is 18.2 Å². The first-order valence-corrected chi connectivity index (χ1v) is 5.87. The first kappa shape index (κ1) is 12.3. The number of hydrogen-bond donors (Lipinski definition) is 1. The fraction of sp³-hybridized carbons (Fsp3) is 0. The maximum absolute atomic E-state index is 13.7. The van der Waals surface area contributed by atoms with Crippen molar-refractivity contribution in [1.29, 1.82) is 0 Å². The van der Waals surface area contributed by atoms with Gasteiger partial charge in [0.2, 0.25) is 0 Å². The summed E-state index contributed by atoms with van der Waals surface area (Å²) < 4.78 is 28.3. The average Bonchev–Trinajstić information content (AvgIpc) is 2.91. The molecular formula is C14H10F2N4. The molecule has 0 unspecified atom stereocenters. The fourth-order valence-electron chi connectivity index (χ4n) is 1.87. The maximum Gasteiger partial charge on any atom is 0.132 e. The van der Waals surface area contributed by atoms with Gasteiger partial charge >= 0.3 is 0 Å². The minimum atomic E-state index is -0.550.